The van der Waals surface area contributed by atoms with Crippen molar-refractivity contribution in [1.29, 1.82) is 0 Å². The van der Waals surface area contributed by atoms with Crippen LogP contribution >= 0.6 is 12.4 Å². The van der Waals surface area contributed by atoms with E-state index in [1.54, 1.807) is 7.11 Å². The van der Waals surface area contributed by atoms with Crippen molar-refractivity contribution in [3.63, 3.8) is 0 Å². The van der Waals surface area contributed by atoms with Crippen molar-refractivity contribution >= 4 is 12.4 Å². The van der Waals surface area contributed by atoms with Gasteiger partial charge in [-0.05, 0) is 48.4 Å². The number of hydrogen-bond acceptors (Lipinski definition) is 5. The number of ether oxygens (including phenoxy) is 2. The topological polar surface area (TPSA) is 37.0 Å². The Morgan fingerprint density at radius 1 is 0.893 bits per heavy atom. The van der Waals surface area contributed by atoms with Gasteiger partial charge in [0.2, 0.25) is 0 Å². The number of hydrogen-bond donors (Lipinski definition) is 1. The van der Waals surface area contributed by atoms with Gasteiger partial charge in [0.25, 0.3) is 0 Å². The van der Waals surface area contributed by atoms with Crippen LogP contribution in [0.1, 0.15) is 12.0 Å². The zero-order chi connectivity index (χ0) is 18.5. The molecular weight excluding hydrogens is 374 g/mol. The maximum atomic E-state index is 5.92. The fourth-order valence-corrected chi connectivity index (χ4v) is 4.00. The maximum absolute atomic E-state index is 5.92. The second kappa shape index (κ2) is 10.1. The normalized spacial score (nSPS) is 20.5. The molecule has 2 fully saturated rings. The summed E-state index contributed by atoms with van der Waals surface area (Å²) in [4.78, 5) is 5.23. The monoisotopic (exact) mass is 403 g/mol. The Morgan fingerprint density at radius 2 is 1.50 bits per heavy atom. The van der Waals surface area contributed by atoms with Crippen molar-refractivity contribution in [2.75, 3.05) is 46.4 Å². The van der Waals surface area contributed by atoms with Gasteiger partial charge in [0, 0.05) is 51.9 Å². The summed E-state index contributed by atoms with van der Waals surface area (Å²) >= 11 is 0. The lowest BCUT2D eigenvalue weighted by Gasteiger charge is -2.32. The van der Waals surface area contributed by atoms with Crippen molar-refractivity contribution in [3.8, 4) is 17.2 Å². The summed E-state index contributed by atoms with van der Waals surface area (Å²) < 4.78 is 11.1. The highest BCUT2D eigenvalue weighted by Gasteiger charge is 2.28. The average molecular weight is 404 g/mol. The molecule has 2 aromatic rings. The number of rotatable bonds is 6. The summed E-state index contributed by atoms with van der Waals surface area (Å²) in [6.07, 6.45) is 1.29. The molecule has 0 radical (unpaired) electrons. The quantitative estimate of drug-likeness (QED) is 0.800. The smallest absolute Gasteiger partial charge is 0.127 e. The summed E-state index contributed by atoms with van der Waals surface area (Å²) in [6, 6.07) is 16.9. The lowest BCUT2D eigenvalue weighted by atomic mass is 10.2. The number of piperazine rings is 1. The molecular formula is C22H30ClN3O2. The van der Waals surface area contributed by atoms with Crippen molar-refractivity contribution in [2.24, 2.45) is 0 Å². The highest BCUT2D eigenvalue weighted by molar-refractivity contribution is 5.85. The molecule has 1 unspecified atom stereocenters. The Bertz CT molecular complexity index is 718. The fraction of sp³-hybridized carbons (Fsp3) is 0.455. The summed E-state index contributed by atoms with van der Waals surface area (Å²) in [6.45, 7) is 8.04. The molecule has 2 saturated heterocycles. The zero-order valence-electron chi connectivity index (χ0n) is 16.5. The van der Waals surface area contributed by atoms with Crippen LogP contribution in [0.15, 0.2) is 48.5 Å². The molecule has 0 amide bonds. The molecule has 5 nitrogen and oxygen atoms in total. The minimum Gasteiger partial charge on any atom is -0.497 e. The van der Waals surface area contributed by atoms with Gasteiger partial charge in [-0.15, -0.1) is 12.4 Å². The first-order valence-electron chi connectivity index (χ1n) is 9.88. The number of likely N-dealkylation sites (tertiary alicyclic amines) is 1. The first kappa shape index (κ1) is 20.9. The molecule has 1 N–H and O–H groups in total. The van der Waals surface area contributed by atoms with Gasteiger partial charge in [-0.25, -0.2) is 0 Å². The van der Waals surface area contributed by atoms with Gasteiger partial charge in [-0.1, -0.05) is 12.1 Å². The van der Waals surface area contributed by atoms with Crippen LogP contribution in [0.25, 0.3) is 0 Å². The molecule has 2 heterocycles. The van der Waals surface area contributed by atoms with E-state index >= 15 is 0 Å². The highest BCUT2D eigenvalue weighted by atomic mass is 35.5. The predicted octanol–water partition coefficient (Wildman–Crippen LogP) is 3.39. The molecule has 2 aromatic carbocycles. The lowest BCUT2D eigenvalue weighted by Crippen LogP contribution is -2.49. The molecule has 6 heteroatoms. The van der Waals surface area contributed by atoms with Crippen LogP contribution in [-0.2, 0) is 6.54 Å². The second-order valence-corrected chi connectivity index (χ2v) is 7.39. The highest BCUT2D eigenvalue weighted by Crippen LogP contribution is 2.25. The van der Waals surface area contributed by atoms with Gasteiger partial charge in [-0.3, -0.25) is 9.80 Å². The Morgan fingerprint density at radius 3 is 2.14 bits per heavy atom. The van der Waals surface area contributed by atoms with Crippen molar-refractivity contribution in [3.05, 3.63) is 54.1 Å². The molecule has 0 saturated carbocycles. The van der Waals surface area contributed by atoms with Crippen LogP contribution in [0.4, 0.5) is 0 Å². The van der Waals surface area contributed by atoms with Gasteiger partial charge in [0.05, 0.1) is 7.11 Å². The molecule has 4 rings (SSSR count). The van der Waals surface area contributed by atoms with Crippen molar-refractivity contribution in [2.45, 2.75) is 19.0 Å². The van der Waals surface area contributed by atoms with Crippen LogP contribution in [-0.4, -0.2) is 62.2 Å². The minimum atomic E-state index is 0. The molecule has 152 valence electrons. The summed E-state index contributed by atoms with van der Waals surface area (Å²) in [5, 5.41) is 3.44. The van der Waals surface area contributed by atoms with Gasteiger partial charge in [-0.2, -0.15) is 0 Å². The van der Waals surface area contributed by atoms with Gasteiger partial charge in [0.1, 0.15) is 17.2 Å². The van der Waals surface area contributed by atoms with Crippen molar-refractivity contribution < 1.29 is 9.47 Å². The zero-order valence-corrected chi connectivity index (χ0v) is 17.3. The standard InChI is InChI=1S/C22H29N3O2.ClH/c1-26-20-6-8-22(9-7-20)27-21-4-2-18(3-5-21)16-24-13-10-19(17-24)25-14-11-23-12-15-25;/h2-9,19,23H,10-17H2,1H3;1H. The van der Waals surface area contributed by atoms with E-state index in [2.05, 4.69) is 39.4 Å². The molecule has 1 atom stereocenters. The number of nitrogens with zero attached hydrogens (tertiary/aromatic N) is 2. The maximum Gasteiger partial charge on any atom is 0.127 e. The number of benzene rings is 2. The van der Waals surface area contributed by atoms with Gasteiger partial charge >= 0.3 is 0 Å². The Hall–Kier alpha value is -1.79. The van der Waals surface area contributed by atoms with E-state index in [0.29, 0.717) is 0 Å². The lowest BCUT2D eigenvalue weighted by molar-refractivity contribution is 0.170. The van der Waals surface area contributed by atoms with Gasteiger partial charge in [0.15, 0.2) is 0 Å². The Kier molecular flexibility index (Phi) is 7.57. The Labute approximate surface area is 174 Å². The third-order valence-corrected chi connectivity index (χ3v) is 5.54. The largest absolute Gasteiger partial charge is 0.497 e. The fourth-order valence-electron chi connectivity index (χ4n) is 4.00. The van der Waals surface area contributed by atoms with Crippen molar-refractivity contribution in [1.82, 2.24) is 15.1 Å². The molecule has 28 heavy (non-hydrogen) atoms. The number of nitrogens with one attached hydrogen (secondary N) is 1. The summed E-state index contributed by atoms with van der Waals surface area (Å²) in [5.74, 6) is 2.52. The molecule has 0 aromatic heterocycles. The van der Waals surface area contributed by atoms with Crippen LogP contribution in [0.5, 0.6) is 17.2 Å². The van der Waals surface area contributed by atoms with E-state index in [-0.39, 0.29) is 12.4 Å². The Balaban J connectivity index is 0.00000225. The van der Waals surface area contributed by atoms with E-state index in [1.807, 2.05) is 24.3 Å². The van der Waals surface area contributed by atoms with E-state index in [9.17, 15) is 0 Å². The van der Waals surface area contributed by atoms with Crippen LogP contribution in [0.3, 0.4) is 0 Å². The van der Waals surface area contributed by atoms with E-state index in [1.165, 1.54) is 38.2 Å². The molecule has 0 aliphatic carbocycles. The third-order valence-electron chi connectivity index (χ3n) is 5.54. The molecule has 0 spiro atoms. The first-order chi connectivity index (χ1) is 13.3. The SMILES string of the molecule is COc1ccc(Oc2ccc(CN3CCC(N4CCNCC4)C3)cc2)cc1.Cl. The van der Waals surface area contributed by atoms with Crippen LogP contribution < -0.4 is 14.8 Å². The number of methoxy groups -OCH3 is 1. The summed E-state index contributed by atoms with van der Waals surface area (Å²) in [7, 11) is 1.67. The predicted molar refractivity (Wildman–Crippen MR) is 115 cm³/mol. The van der Waals surface area contributed by atoms with E-state index in [0.717, 1.165) is 42.9 Å². The minimum absolute atomic E-state index is 0. The van der Waals surface area contributed by atoms with Crippen LogP contribution in [0, 0.1) is 0 Å². The van der Waals surface area contributed by atoms with Gasteiger partial charge < -0.3 is 14.8 Å². The first-order valence-corrected chi connectivity index (χ1v) is 9.88. The van der Waals surface area contributed by atoms with E-state index < -0.39 is 0 Å². The van der Waals surface area contributed by atoms with E-state index in [4.69, 9.17) is 9.47 Å². The number of halogens is 1. The molecule has 2 aliphatic heterocycles. The van der Waals surface area contributed by atoms with Crippen LogP contribution in [0.2, 0.25) is 0 Å². The molecule has 2 aliphatic rings. The second-order valence-electron chi connectivity index (χ2n) is 7.39. The third kappa shape index (κ3) is 5.39. The summed E-state index contributed by atoms with van der Waals surface area (Å²) in [5.41, 5.74) is 1.35. The molecule has 0 bridgehead atoms. The average Bonchev–Trinajstić information content (AvgIpc) is 3.19.